The van der Waals surface area contributed by atoms with Gasteiger partial charge in [-0.05, 0) is 50.7 Å². The molecule has 0 aliphatic carbocycles. The summed E-state index contributed by atoms with van der Waals surface area (Å²) in [7, 11) is 2.16. The van der Waals surface area contributed by atoms with Gasteiger partial charge in [-0.15, -0.1) is 0 Å². The zero-order valence-electron chi connectivity index (χ0n) is 12.6. The molecule has 0 spiro atoms. The normalized spacial score (nSPS) is 23.3. The van der Waals surface area contributed by atoms with E-state index in [1.54, 1.807) is 0 Å². The van der Waals surface area contributed by atoms with Crippen molar-refractivity contribution in [3.63, 3.8) is 0 Å². The van der Waals surface area contributed by atoms with Gasteiger partial charge in [0.2, 0.25) is 5.91 Å². The first kappa shape index (κ1) is 14.4. The van der Waals surface area contributed by atoms with E-state index >= 15 is 0 Å². The Kier molecular flexibility index (Phi) is 4.41. The predicted octanol–water partition coefficient (Wildman–Crippen LogP) is 1.13. The summed E-state index contributed by atoms with van der Waals surface area (Å²) in [5, 5.41) is 6.21. The summed E-state index contributed by atoms with van der Waals surface area (Å²) in [6.45, 7) is 5.28. The summed E-state index contributed by atoms with van der Waals surface area (Å²) in [6, 6.07) is 8.18. The lowest BCUT2D eigenvalue weighted by Crippen LogP contribution is -2.44. The van der Waals surface area contributed by atoms with Crippen molar-refractivity contribution in [2.45, 2.75) is 18.9 Å². The molecule has 0 unspecified atom stereocenters. The Bertz CT molecular complexity index is 474. The SMILES string of the molecule is CN1CCN(c2ccc(NC(=O)[C@@H]3CCCN3)cc2)CC1. The van der Waals surface area contributed by atoms with Gasteiger partial charge in [0.25, 0.3) is 0 Å². The highest BCUT2D eigenvalue weighted by Gasteiger charge is 2.22. The van der Waals surface area contributed by atoms with E-state index in [2.05, 4.69) is 39.6 Å². The smallest absolute Gasteiger partial charge is 0.241 e. The van der Waals surface area contributed by atoms with E-state index in [1.165, 1.54) is 5.69 Å². The molecule has 0 saturated carbocycles. The van der Waals surface area contributed by atoms with Crippen molar-refractivity contribution in [1.29, 1.82) is 0 Å². The maximum Gasteiger partial charge on any atom is 0.241 e. The van der Waals surface area contributed by atoms with Crippen molar-refractivity contribution in [3.8, 4) is 0 Å². The highest BCUT2D eigenvalue weighted by atomic mass is 16.2. The van der Waals surface area contributed by atoms with Gasteiger partial charge >= 0.3 is 0 Å². The standard InChI is InChI=1S/C16H24N4O/c1-19-9-11-20(12-10-19)14-6-4-13(5-7-14)18-16(21)15-3-2-8-17-15/h4-7,15,17H,2-3,8-12H2,1H3,(H,18,21)/t15-/m0/s1. The van der Waals surface area contributed by atoms with Crippen LogP contribution in [0.2, 0.25) is 0 Å². The van der Waals surface area contributed by atoms with Gasteiger partial charge in [-0.25, -0.2) is 0 Å². The summed E-state index contributed by atoms with van der Waals surface area (Å²) in [5.74, 6) is 0.0832. The van der Waals surface area contributed by atoms with Crippen LogP contribution in [0.15, 0.2) is 24.3 Å². The van der Waals surface area contributed by atoms with Gasteiger partial charge in [0.15, 0.2) is 0 Å². The average Bonchev–Trinajstić information content (AvgIpc) is 3.03. The molecule has 2 heterocycles. The Morgan fingerprint density at radius 2 is 1.90 bits per heavy atom. The highest BCUT2D eigenvalue weighted by molar-refractivity contribution is 5.95. The van der Waals surface area contributed by atoms with Crippen LogP contribution in [0.1, 0.15) is 12.8 Å². The molecule has 2 saturated heterocycles. The molecule has 3 rings (SSSR count). The number of nitrogens with one attached hydrogen (secondary N) is 2. The highest BCUT2D eigenvalue weighted by Crippen LogP contribution is 2.19. The molecule has 0 bridgehead atoms. The fourth-order valence-electron chi connectivity index (χ4n) is 2.96. The molecule has 0 aromatic heterocycles. The lowest BCUT2D eigenvalue weighted by Gasteiger charge is -2.34. The van der Waals surface area contributed by atoms with Crippen LogP contribution in [-0.4, -0.2) is 56.6 Å². The number of amides is 1. The van der Waals surface area contributed by atoms with Gasteiger partial charge in [-0.3, -0.25) is 4.79 Å². The molecule has 114 valence electrons. The van der Waals surface area contributed by atoms with Gasteiger partial charge in [0.05, 0.1) is 6.04 Å². The maximum absolute atomic E-state index is 12.0. The molecule has 2 aliphatic rings. The summed E-state index contributed by atoms with van der Waals surface area (Å²) in [6.07, 6.45) is 2.02. The number of hydrogen-bond acceptors (Lipinski definition) is 4. The zero-order chi connectivity index (χ0) is 14.7. The Morgan fingerprint density at radius 1 is 1.19 bits per heavy atom. The number of likely N-dealkylation sites (N-methyl/N-ethyl adjacent to an activating group) is 1. The topological polar surface area (TPSA) is 47.6 Å². The Hall–Kier alpha value is -1.59. The summed E-state index contributed by atoms with van der Waals surface area (Å²) in [5.41, 5.74) is 2.12. The number of carbonyl (C=O) groups is 1. The molecule has 0 radical (unpaired) electrons. The molecule has 2 N–H and O–H groups in total. The third-order valence-electron chi connectivity index (χ3n) is 4.38. The van der Waals surface area contributed by atoms with Crippen molar-refractivity contribution in [2.75, 3.05) is 50.0 Å². The molecule has 2 fully saturated rings. The summed E-state index contributed by atoms with van der Waals surface area (Å²) < 4.78 is 0. The molecular weight excluding hydrogens is 264 g/mol. The lowest BCUT2D eigenvalue weighted by atomic mass is 10.2. The molecule has 5 nitrogen and oxygen atoms in total. The van der Waals surface area contributed by atoms with Gasteiger partial charge in [-0.2, -0.15) is 0 Å². The zero-order valence-corrected chi connectivity index (χ0v) is 12.6. The van der Waals surface area contributed by atoms with E-state index in [0.29, 0.717) is 0 Å². The first-order valence-electron chi connectivity index (χ1n) is 7.80. The molecule has 1 amide bonds. The molecule has 21 heavy (non-hydrogen) atoms. The van der Waals surface area contributed by atoms with Crippen molar-refractivity contribution >= 4 is 17.3 Å². The Balaban J connectivity index is 1.57. The van der Waals surface area contributed by atoms with Crippen LogP contribution in [-0.2, 0) is 4.79 Å². The van der Waals surface area contributed by atoms with Crippen LogP contribution in [0, 0.1) is 0 Å². The van der Waals surface area contributed by atoms with E-state index in [0.717, 1.165) is 51.3 Å². The molecular formula is C16H24N4O. The largest absolute Gasteiger partial charge is 0.369 e. The van der Waals surface area contributed by atoms with Crippen LogP contribution in [0.25, 0.3) is 0 Å². The molecule has 1 aromatic rings. The van der Waals surface area contributed by atoms with Gasteiger partial charge in [0, 0.05) is 37.6 Å². The van der Waals surface area contributed by atoms with Crippen LogP contribution < -0.4 is 15.5 Å². The van der Waals surface area contributed by atoms with Gasteiger partial charge in [-0.1, -0.05) is 0 Å². The van der Waals surface area contributed by atoms with Gasteiger partial charge in [0.1, 0.15) is 0 Å². The Labute approximate surface area is 126 Å². The third kappa shape index (κ3) is 3.54. The summed E-state index contributed by atoms with van der Waals surface area (Å²) >= 11 is 0. The van der Waals surface area contributed by atoms with Crippen LogP contribution >= 0.6 is 0 Å². The van der Waals surface area contributed by atoms with Crippen molar-refractivity contribution in [1.82, 2.24) is 10.2 Å². The first-order valence-corrected chi connectivity index (χ1v) is 7.80. The maximum atomic E-state index is 12.0. The number of piperazine rings is 1. The second-order valence-electron chi connectivity index (χ2n) is 5.98. The molecule has 2 aliphatic heterocycles. The minimum atomic E-state index is -0.0256. The second-order valence-corrected chi connectivity index (χ2v) is 5.98. The summed E-state index contributed by atoms with van der Waals surface area (Å²) in [4.78, 5) is 16.8. The van der Waals surface area contributed by atoms with E-state index in [-0.39, 0.29) is 11.9 Å². The van der Waals surface area contributed by atoms with E-state index in [4.69, 9.17) is 0 Å². The second kappa shape index (κ2) is 6.45. The molecule has 5 heteroatoms. The fourth-order valence-corrected chi connectivity index (χ4v) is 2.96. The number of carbonyl (C=O) groups excluding carboxylic acids is 1. The minimum absolute atomic E-state index is 0.0256. The van der Waals surface area contributed by atoms with Crippen LogP contribution in [0.4, 0.5) is 11.4 Å². The van der Waals surface area contributed by atoms with E-state index in [9.17, 15) is 4.79 Å². The Morgan fingerprint density at radius 3 is 2.52 bits per heavy atom. The third-order valence-corrected chi connectivity index (χ3v) is 4.38. The molecule has 1 aromatic carbocycles. The first-order chi connectivity index (χ1) is 10.2. The number of rotatable bonds is 3. The van der Waals surface area contributed by atoms with E-state index < -0.39 is 0 Å². The van der Waals surface area contributed by atoms with Crippen molar-refractivity contribution < 1.29 is 4.79 Å². The van der Waals surface area contributed by atoms with Crippen LogP contribution in [0.5, 0.6) is 0 Å². The van der Waals surface area contributed by atoms with Crippen molar-refractivity contribution in [2.24, 2.45) is 0 Å². The number of anilines is 2. The minimum Gasteiger partial charge on any atom is -0.369 e. The number of hydrogen-bond donors (Lipinski definition) is 2. The average molecular weight is 288 g/mol. The monoisotopic (exact) mass is 288 g/mol. The number of benzene rings is 1. The number of nitrogens with zero attached hydrogens (tertiary/aromatic N) is 2. The quantitative estimate of drug-likeness (QED) is 0.875. The van der Waals surface area contributed by atoms with E-state index in [1.807, 2.05) is 12.1 Å². The fraction of sp³-hybridized carbons (Fsp3) is 0.562. The van der Waals surface area contributed by atoms with Crippen LogP contribution in [0.3, 0.4) is 0 Å². The lowest BCUT2D eigenvalue weighted by molar-refractivity contribution is -0.117. The van der Waals surface area contributed by atoms with Gasteiger partial charge < -0.3 is 20.4 Å². The molecule has 1 atom stereocenters. The predicted molar refractivity (Wildman–Crippen MR) is 85.8 cm³/mol. The van der Waals surface area contributed by atoms with Crippen molar-refractivity contribution in [3.05, 3.63) is 24.3 Å².